The van der Waals surface area contributed by atoms with E-state index in [1.54, 1.807) is 12.1 Å². The number of aryl methyl sites for hydroxylation is 1. The van der Waals surface area contributed by atoms with Crippen LogP contribution < -0.4 is 10.6 Å². The van der Waals surface area contributed by atoms with Gasteiger partial charge in [0.05, 0.1) is 15.7 Å². The smallest absolute Gasteiger partial charge is 0.136 e. The topological polar surface area (TPSA) is 49.8 Å². The summed E-state index contributed by atoms with van der Waals surface area (Å²) < 4.78 is 0. The van der Waals surface area contributed by atoms with E-state index in [2.05, 4.69) is 20.6 Å². The van der Waals surface area contributed by atoms with Crippen molar-refractivity contribution in [3.8, 4) is 0 Å². The first-order valence-corrected chi connectivity index (χ1v) is 8.70. The molecule has 2 aromatic rings. The lowest BCUT2D eigenvalue weighted by Crippen LogP contribution is -2.23. The number of hydrogen-bond donors (Lipinski definition) is 2. The molecular weight excluding hydrogens is 331 g/mol. The van der Waals surface area contributed by atoms with Crippen molar-refractivity contribution in [2.75, 3.05) is 10.6 Å². The van der Waals surface area contributed by atoms with Crippen molar-refractivity contribution in [2.24, 2.45) is 0 Å². The van der Waals surface area contributed by atoms with Crippen LogP contribution in [-0.4, -0.2) is 16.0 Å². The molecule has 0 amide bonds. The van der Waals surface area contributed by atoms with Crippen molar-refractivity contribution in [3.05, 3.63) is 40.1 Å². The van der Waals surface area contributed by atoms with Crippen LogP contribution in [0.1, 0.15) is 37.9 Å². The van der Waals surface area contributed by atoms with E-state index in [1.807, 2.05) is 19.1 Å². The van der Waals surface area contributed by atoms with Gasteiger partial charge in [-0.15, -0.1) is 0 Å². The fraction of sp³-hybridized carbons (Fsp3) is 0.412. The van der Waals surface area contributed by atoms with E-state index >= 15 is 0 Å². The Morgan fingerprint density at radius 3 is 2.35 bits per heavy atom. The number of halogens is 2. The van der Waals surface area contributed by atoms with Crippen LogP contribution >= 0.6 is 23.2 Å². The van der Waals surface area contributed by atoms with E-state index in [0.717, 1.165) is 5.82 Å². The van der Waals surface area contributed by atoms with Crippen molar-refractivity contribution in [2.45, 2.75) is 45.1 Å². The van der Waals surface area contributed by atoms with Gasteiger partial charge in [0.2, 0.25) is 0 Å². The fourth-order valence-electron chi connectivity index (χ4n) is 2.91. The summed E-state index contributed by atoms with van der Waals surface area (Å²) in [5.41, 5.74) is 0.664. The second kappa shape index (κ2) is 7.37. The van der Waals surface area contributed by atoms with Crippen molar-refractivity contribution in [3.63, 3.8) is 0 Å². The van der Waals surface area contributed by atoms with E-state index in [-0.39, 0.29) is 0 Å². The summed E-state index contributed by atoms with van der Waals surface area (Å²) in [5, 5.41) is 7.85. The number of rotatable bonds is 4. The van der Waals surface area contributed by atoms with Crippen LogP contribution in [0, 0.1) is 6.92 Å². The number of benzene rings is 1. The molecule has 6 heteroatoms. The largest absolute Gasteiger partial charge is 0.367 e. The Morgan fingerprint density at radius 1 is 1.00 bits per heavy atom. The number of aromatic nitrogens is 2. The molecule has 1 heterocycles. The lowest BCUT2D eigenvalue weighted by atomic mass is 9.95. The van der Waals surface area contributed by atoms with E-state index < -0.39 is 0 Å². The Morgan fingerprint density at radius 2 is 1.65 bits per heavy atom. The molecule has 0 bridgehead atoms. The highest BCUT2D eigenvalue weighted by Crippen LogP contribution is 2.32. The first-order valence-electron chi connectivity index (χ1n) is 7.95. The van der Waals surface area contributed by atoms with Gasteiger partial charge in [-0.3, -0.25) is 0 Å². The van der Waals surface area contributed by atoms with Crippen molar-refractivity contribution >= 4 is 40.5 Å². The monoisotopic (exact) mass is 350 g/mol. The molecule has 1 saturated carbocycles. The van der Waals surface area contributed by atoms with Crippen molar-refractivity contribution in [1.29, 1.82) is 0 Å². The van der Waals surface area contributed by atoms with Crippen LogP contribution in [0.2, 0.25) is 10.0 Å². The fourth-order valence-corrected chi connectivity index (χ4v) is 3.40. The standard InChI is InChI=1S/C17H20Cl2N4/c1-11-20-15(22-12-6-3-2-4-7-12)10-16(21-11)23-17-13(18)8-5-9-14(17)19/h5,8-10,12H,2-4,6-7H2,1H3,(H2,20,21,22,23). The average Bonchev–Trinajstić information content (AvgIpc) is 2.51. The van der Waals surface area contributed by atoms with Crippen LogP contribution in [0.5, 0.6) is 0 Å². The molecular formula is C17H20Cl2N4. The van der Waals surface area contributed by atoms with E-state index in [4.69, 9.17) is 23.2 Å². The molecule has 0 saturated heterocycles. The lowest BCUT2D eigenvalue weighted by molar-refractivity contribution is 0.462. The zero-order chi connectivity index (χ0) is 16.2. The molecule has 1 fully saturated rings. The molecule has 0 aliphatic heterocycles. The number of nitrogens with zero attached hydrogens (tertiary/aromatic N) is 2. The van der Waals surface area contributed by atoms with Gasteiger partial charge in [0.15, 0.2) is 0 Å². The molecule has 0 unspecified atom stereocenters. The Bertz CT molecular complexity index is 664. The highest BCUT2D eigenvalue weighted by molar-refractivity contribution is 6.39. The second-order valence-electron chi connectivity index (χ2n) is 5.89. The molecule has 1 aliphatic carbocycles. The molecule has 1 aromatic carbocycles. The Kier molecular flexibility index (Phi) is 5.23. The van der Waals surface area contributed by atoms with Gasteiger partial charge in [-0.2, -0.15) is 0 Å². The molecule has 3 rings (SSSR count). The minimum atomic E-state index is 0.495. The van der Waals surface area contributed by atoms with Crippen molar-refractivity contribution < 1.29 is 0 Å². The van der Waals surface area contributed by atoms with E-state index in [9.17, 15) is 0 Å². The summed E-state index contributed by atoms with van der Waals surface area (Å²) in [5.74, 6) is 2.23. The number of hydrogen-bond acceptors (Lipinski definition) is 4. The minimum absolute atomic E-state index is 0.495. The number of anilines is 3. The summed E-state index contributed by atoms with van der Waals surface area (Å²) >= 11 is 12.4. The van der Waals surface area contributed by atoms with Gasteiger partial charge in [-0.25, -0.2) is 9.97 Å². The Labute approximate surface area is 146 Å². The Balaban J connectivity index is 1.80. The highest BCUT2D eigenvalue weighted by Gasteiger charge is 2.14. The molecule has 23 heavy (non-hydrogen) atoms. The third-order valence-corrected chi connectivity index (χ3v) is 4.64. The molecule has 0 spiro atoms. The van der Waals surface area contributed by atoms with Gasteiger partial charge >= 0.3 is 0 Å². The minimum Gasteiger partial charge on any atom is -0.367 e. The summed E-state index contributed by atoms with van der Waals surface area (Å²) in [4.78, 5) is 8.91. The van der Waals surface area contributed by atoms with Crippen LogP contribution in [0.15, 0.2) is 24.3 Å². The molecule has 122 valence electrons. The zero-order valence-corrected chi connectivity index (χ0v) is 14.6. The predicted molar refractivity (Wildman–Crippen MR) is 97.0 cm³/mol. The molecule has 1 aromatic heterocycles. The molecule has 0 radical (unpaired) electrons. The summed E-state index contributed by atoms with van der Waals surface area (Å²) in [6.45, 7) is 1.88. The third-order valence-electron chi connectivity index (χ3n) is 4.01. The summed E-state index contributed by atoms with van der Waals surface area (Å²) in [7, 11) is 0. The maximum atomic E-state index is 6.21. The van der Waals surface area contributed by atoms with Gasteiger partial charge in [0.25, 0.3) is 0 Å². The van der Waals surface area contributed by atoms with Gasteiger partial charge in [-0.1, -0.05) is 48.5 Å². The quantitative estimate of drug-likeness (QED) is 0.755. The van der Waals surface area contributed by atoms with Gasteiger partial charge in [0, 0.05) is 12.1 Å². The average molecular weight is 351 g/mol. The SMILES string of the molecule is Cc1nc(Nc2c(Cl)cccc2Cl)cc(NC2CCCCC2)n1. The molecule has 1 aliphatic rings. The predicted octanol–water partition coefficient (Wildman–Crippen LogP) is 5.58. The van der Waals surface area contributed by atoms with Gasteiger partial charge < -0.3 is 10.6 Å². The third kappa shape index (κ3) is 4.27. The van der Waals surface area contributed by atoms with Gasteiger partial charge in [0.1, 0.15) is 17.5 Å². The maximum Gasteiger partial charge on any atom is 0.136 e. The Hall–Kier alpha value is -1.52. The lowest BCUT2D eigenvalue weighted by Gasteiger charge is -2.23. The maximum absolute atomic E-state index is 6.21. The highest BCUT2D eigenvalue weighted by atomic mass is 35.5. The van der Waals surface area contributed by atoms with Crippen LogP contribution in [0.25, 0.3) is 0 Å². The number of nitrogens with one attached hydrogen (secondary N) is 2. The normalized spacial score (nSPS) is 15.4. The first-order chi connectivity index (χ1) is 11.1. The number of para-hydroxylation sites is 1. The van der Waals surface area contributed by atoms with Crippen LogP contribution in [0.4, 0.5) is 17.3 Å². The first kappa shape index (κ1) is 16.3. The van der Waals surface area contributed by atoms with E-state index in [1.165, 1.54) is 32.1 Å². The van der Waals surface area contributed by atoms with Crippen molar-refractivity contribution in [1.82, 2.24) is 9.97 Å². The molecule has 0 atom stereocenters. The summed E-state index contributed by atoms with van der Waals surface area (Å²) in [6, 6.07) is 7.81. The summed E-state index contributed by atoms with van der Waals surface area (Å²) in [6.07, 6.45) is 6.28. The zero-order valence-electron chi connectivity index (χ0n) is 13.1. The van der Waals surface area contributed by atoms with E-state index in [0.29, 0.717) is 33.4 Å². The van der Waals surface area contributed by atoms with Crippen LogP contribution in [0.3, 0.4) is 0 Å². The van der Waals surface area contributed by atoms with Crippen LogP contribution in [-0.2, 0) is 0 Å². The second-order valence-corrected chi connectivity index (χ2v) is 6.70. The molecule has 4 nitrogen and oxygen atoms in total. The molecule has 2 N–H and O–H groups in total. The van der Waals surface area contributed by atoms with Gasteiger partial charge in [-0.05, 0) is 31.9 Å².